The molecule has 0 bridgehead atoms. The molecule has 1 unspecified atom stereocenters. The van der Waals surface area contributed by atoms with Crippen molar-refractivity contribution in [1.29, 1.82) is 0 Å². The van der Waals surface area contributed by atoms with E-state index < -0.39 is 5.41 Å². The predicted molar refractivity (Wildman–Crippen MR) is 124 cm³/mol. The normalized spacial score (nSPS) is 21.2. The summed E-state index contributed by atoms with van der Waals surface area (Å²) in [6.07, 6.45) is 6.66. The number of benzene rings is 1. The number of likely N-dealkylation sites (tertiary alicyclic amines) is 1. The van der Waals surface area contributed by atoms with Gasteiger partial charge < -0.3 is 19.9 Å². The molecular formula is C25H32N4O3. The van der Waals surface area contributed by atoms with E-state index in [0.29, 0.717) is 36.5 Å². The number of hydrogen-bond acceptors (Lipinski definition) is 5. The zero-order chi connectivity index (χ0) is 22.6. The molecule has 1 atom stereocenters. The van der Waals surface area contributed by atoms with Crippen molar-refractivity contribution >= 4 is 17.5 Å². The van der Waals surface area contributed by atoms with Crippen LogP contribution < -0.4 is 15.0 Å². The maximum atomic E-state index is 13.7. The lowest BCUT2D eigenvalue weighted by atomic mass is 9.75. The molecule has 32 heavy (non-hydrogen) atoms. The van der Waals surface area contributed by atoms with Crippen LogP contribution in [-0.2, 0) is 10.2 Å². The standard InChI is InChI=1S/C25H32N4O3/c1-26-24(31)25(22-9-4-5-13-27-22)12-8-16-29(18-25)23(30)20-17-19(10-11-21(20)32-2)28-14-6-3-7-15-28/h4-5,9-11,13,17H,3,6-8,12,14-16,18H2,1-2H3,(H,26,31). The minimum atomic E-state index is -0.859. The van der Waals surface area contributed by atoms with Gasteiger partial charge in [0.2, 0.25) is 5.91 Å². The van der Waals surface area contributed by atoms with E-state index in [9.17, 15) is 9.59 Å². The first-order valence-corrected chi connectivity index (χ1v) is 11.4. The van der Waals surface area contributed by atoms with Crippen LogP contribution in [0.4, 0.5) is 5.69 Å². The zero-order valence-electron chi connectivity index (χ0n) is 19.0. The topological polar surface area (TPSA) is 74.8 Å². The molecule has 0 aliphatic carbocycles. The number of aromatic nitrogens is 1. The van der Waals surface area contributed by atoms with Crippen molar-refractivity contribution in [3.05, 3.63) is 53.9 Å². The Balaban J connectivity index is 1.66. The number of anilines is 1. The molecule has 2 aromatic rings. The Labute approximate surface area is 189 Å². The first kappa shape index (κ1) is 22.1. The average molecular weight is 437 g/mol. The lowest BCUT2D eigenvalue weighted by Gasteiger charge is -2.41. The molecule has 3 heterocycles. The lowest BCUT2D eigenvalue weighted by Crippen LogP contribution is -2.56. The van der Waals surface area contributed by atoms with Crippen LogP contribution in [0.1, 0.15) is 48.2 Å². The summed E-state index contributed by atoms with van der Waals surface area (Å²) in [7, 11) is 3.23. The molecule has 0 radical (unpaired) electrons. The second-order valence-electron chi connectivity index (χ2n) is 8.64. The molecule has 4 rings (SSSR count). The number of likely N-dealkylation sites (N-methyl/N-ethyl adjacent to an activating group) is 1. The third-order valence-corrected chi connectivity index (χ3v) is 6.73. The van der Waals surface area contributed by atoms with Crippen LogP contribution in [0.2, 0.25) is 0 Å². The highest BCUT2D eigenvalue weighted by molar-refractivity contribution is 5.99. The van der Waals surface area contributed by atoms with Crippen molar-refractivity contribution in [3.8, 4) is 5.75 Å². The summed E-state index contributed by atoms with van der Waals surface area (Å²) in [6.45, 7) is 2.90. The Morgan fingerprint density at radius 2 is 1.88 bits per heavy atom. The molecule has 1 aromatic heterocycles. The minimum Gasteiger partial charge on any atom is -0.496 e. The highest BCUT2D eigenvalue weighted by Gasteiger charge is 2.46. The summed E-state index contributed by atoms with van der Waals surface area (Å²) in [5.74, 6) is 0.345. The van der Waals surface area contributed by atoms with Gasteiger partial charge in [-0.2, -0.15) is 0 Å². The van der Waals surface area contributed by atoms with Gasteiger partial charge in [0.05, 0.1) is 18.4 Å². The predicted octanol–water partition coefficient (Wildman–Crippen LogP) is 3.00. The minimum absolute atomic E-state index is 0.107. The van der Waals surface area contributed by atoms with Crippen molar-refractivity contribution in [3.63, 3.8) is 0 Å². The number of methoxy groups -OCH3 is 1. The first-order chi connectivity index (χ1) is 15.6. The number of amides is 2. The summed E-state index contributed by atoms with van der Waals surface area (Å²) < 4.78 is 5.55. The van der Waals surface area contributed by atoms with E-state index in [1.54, 1.807) is 25.3 Å². The smallest absolute Gasteiger partial charge is 0.257 e. The average Bonchev–Trinajstić information content (AvgIpc) is 2.88. The summed E-state index contributed by atoms with van der Waals surface area (Å²) in [6, 6.07) is 11.5. The number of ether oxygens (including phenoxy) is 1. The van der Waals surface area contributed by atoms with Crippen molar-refractivity contribution in [2.24, 2.45) is 0 Å². The molecule has 1 aromatic carbocycles. The lowest BCUT2D eigenvalue weighted by molar-refractivity contribution is -0.128. The zero-order valence-corrected chi connectivity index (χ0v) is 19.0. The number of nitrogens with one attached hydrogen (secondary N) is 1. The van der Waals surface area contributed by atoms with Crippen LogP contribution in [0.3, 0.4) is 0 Å². The monoisotopic (exact) mass is 436 g/mol. The quantitative estimate of drug-likeness (QED) is 0.780. The maximum Gasteiger partial charge on any atom is 0.257 e. The van der Waals surface area contributed by atoms with Gasteiger partial charge in [-0.15, -0.1) is 0 Å². The van der Waals surface area contributed by atoms with Crippen LogP contribution in [0.15, 0.2) is 42.6 Å². The van der Waals surface area contributed by atoms with E-state index in [4.69, 9.17) is 4.74 Å². The van der Waals surface area contributed by atoms with E-state index in [-0.39, 0.29) is 11.8 Å². The number of nitrogens with zero attached hydrogens (tertiary/aromatic N) is 3. The van der Waals surface area contributed by atoms with Crippen molar-refractivity contribution in [1.82, 2.24) is 15.2 Å². The van der Waals surface area contributed by atoms with Gasteiger partial charge in [-0.25, -0.2) is 0 Å². The first-order valence-electron chi connectivity index (χ1n) is 11.4. The summed E-state index contributed by atoms with van der Waals surface area (Å²) in [5.41, 5.74) is 1.44. The van der Waals surface area contributed by atoms with Crippen LogP contribution in [0, 0.1) is 0 Å². The van der Waals surface area contributed by atoms with E-state index in [1.165, 1.54) is 19.3 Å². The van der Waals surface area contributed by atoms with Gasteiger partial charge in [0.15, 0.2) is 0 Å². The highest BCUT2D eigenvalue weighted by Crippen LogP contribution is 2.35. The van der Waals surface area contributed by atoms with Gasteiger partial charge in [0.25, 0.3) is 5.91 Å². The fourth-order valence-electron chi connectivity index (χ4n) is 5.01. The third-order valence-electron chi connectivity index (χ3n) is 6.73. The number of pyridine rings is 1. The summed E-state index contributed by atoms with van der Waals surface area (Å²) in [5, 5.41) is 2.80. The second kappa shape index (κ2) is 9.59. The highest BCUT2D eigenvalue weighted by atomic mass is 16.5. The van der Waals surface area contributed by atoms with Crippen LogP contribution >= 0.6 is 0 Å². The molecule has 0 spiro atoms. The van der Waals surface area contributed by atoms with Gasteiger partial charge >= 0.3 is 0 Å². The molecular weight excluding hydrogens is 404 g/mol. The number of hydrogen-bond donors (Lipinski definition) is 1. The van der Waals surface area contributed by atoms with Gasteiger partial charge in [-0.1, -0.05) is 6.07 Å². The van der Waals surface area contributed by atoms with E-state index in [1.807, 2.05) is 36.4 Å². The van der Waals surface area contributed by atoms with Gasteiger partial charge in [-0.05, 0) is 62.4 Å². The Kier molecular flexibility index (Phi) is 6.63. The Bertz CT molecular complexity index is 959. The van der Waals surface area contributed by atoms with E-state index in [2.05, 4.69) is 15.2 Å². The number of rotatable bonds is 5. The van der Waals surface area contributed by atoms with Crippen LogP contribution in [-0.4, -0.2) is 62.0 Å². The second-order valence-corrected chi connectivity index (χ2v) is 8.64. The van der Waals surface area contributed by atoms with Crippen LogP contribution in [0.5, 0.6) is 5.75 Å². The maximum absolute atomic E-state index is 13.7. The molecule has 7 heteroatoms. The van der Waals surface area contributed by atoms with Gasteiger partial charge in [0.1, 0.15) is 11.2 Å². The fraction of sp³-hybridized carbons (Fsp3) is 0.480. The van der Waals surface area contributed by atoms with Gasteiger partial charge in [-0.3, -0.25) is 14.6 Å². The Morgan fingerprint density at radius 3 is 2.56 bits per heavy atom. The molecule has 7 nitrogen and oxygen atoms in total. The third kappa shape index (κ3) is 4.16. The largest absolute Gasteiger partial charge is 0.496 e. The molecule has 2 saturated heterocycles. The Hall–Kier alpha value is -3.09. The van der Waals surface area contributed by atoms with E-state index in [0.717, 1.165) is 25.2 Å². The molecule has 2 aliphatic heterocycles. The molecule has 1 N–H and O–H groups in total. The SMILES string of the molecule is CNC(=O)C1(c2ccccn2)CCCN(C(=O)c2cc(N3CCCCC3)ccc2OC)C1. The molecule has 2 fully saturated rings. The van der Waals surface area contributed by atoms with Crippen LogP contribution in [0.25, 0.3) is 0 Å². The number of carbonyl (C=O) groups excluding carboxylic acids is 2. The number of carbonyl (C=O) groups is 2. The number of piperidine rings is 2. The summed E-state index contributed by atoms with van der Waals surface area (Å²) in [4.78, 5) is 35.4. The molecule has 2 amide bonds. The molecule has 170 valence electrons. The fourth-order valence-corrected chi connectivity index (χ4v) is 5.01. The van der Waals surface area contributed by atoms with Crippen molar-refractivity contribution in [2.45, 2.75) is 37.5 Å². The van der Waals surface area contributed by atoms with E-state index >= 15 is 0 Å². The molecule has 0 saturated carbocycles. The Morgan fingerprint density at radius 1 is 1.06 bits per heavy atom. The molecule has 2 aliphatic rings. The van der Waals surface area contributed by atoms with Crippen molar-refractivity contribution < 1.29 is 14.3 Å². The van der Waals surface area contributed by atoms with Crippen molar-refractivity contribution in [2.75, 3.05) is 45.2 Å². The van der Waals surface area contributed by atoms with Gasteiger partial charge in [0, 0.05) is 45.1 Å². The summed E-state index contributed by atoms with van der Waals surface area (Å²) >= 11 is 0.